The van der Waals surface area contributed by atoms with Crippen LogP contribution in [0.2, 0.25) is 0 Å². The second kappa shape index (κ2) is 7.87. The van der Waals surface area contributed by atoms with Crippen molar-refractivity contribution in [2.24, 2.45) is 5.41 Å². The summed E-state index contributed by atoms with van der Waals surface area (Å²) in [5, 5.41) is 2.46. The third kappa shape index (κ3) is 4.31. The molecule has 0 unspecified atom stereocenters. The van der Waals surface area contributed by atoms with E-state index in [0.717, 1.165) is 6.29 Å². The van der Waals surface area contributed by atoms with E-state index in [1.165, 1.54) is 15.9 Å². The summed E-state index contributed by atoms with van der Waals surface area (Å²) in [6, 6.07) is 19.2. The molecule has 2 aromatic carbocycles. The Morgan fingerprint density at radius 2 is 1.65 bits per heavy atom. The lowest BCUT2D eigenvalue weighted by atomic mass is 9.84. The Labute approximate surface area is 158 Å². The average molecular weight is 368 g/mol. The lowest BCUT2D eigenvalue weighted by Crippen LogP contribution is -2.52. The predicted octanol–water partition coefficient (Wildman–Crippen LogP) is 2.71. The van der Waals surface area contributed by atoms with Crippen molar-refractivity contribution in [3.63, 3.8) is 0 Å². The number of hydrogen-bond donors (Lipinski definition) is 0. The molecular formula is C22H27O3Si. The molecule has 0 aromatic heterocycles. The largest absolute Gasteiger partial charge is 0.407 e. The normalized spacial score (nSPS) is 16.3. The summed E-state index contributed by atoms with van der Waals surface area (Å²) in [4.78, 5) is 11.0. The Balaban J connectivity index is 1.83. The number of rotatable bonds is 7. The minimum absolute atomic E-state index is 0.135. The molecule has 0 atom stereocenters. The molecule has 1 heterocycles. The van der Waals surface area contributed by atoms with E-state index in [4.69, 9.17) is 9.16 Å². The molecule has 4 heteroatoms. The van der Waals surface area contributed by atoms with Crippen LogP contribution in [0.5, 0.6) is 0 Å². The van der Waals surface area contributed by atoms with Crippen molar-refractivity contribution in [1.29, 1.82) is 0 Å². The van der Waals surface area contributed by atoms with Crippen LogP contribution < -0.4 is 10.4 Å². The highest BCUT2D eigenvalue weighted by atomic mass is 28.3. The highest BCUT2D eigenvalue weighted by molar-refractivity contribution is 6.80. The molecule has 0 amide bonds. The standard InChI is InChI=1S/C22H27O3Si/c1-21(2,3)18-9-11-20(12-10-18)26(19-7-5-4-6-8-19)25-17-22(13-14-23)15-24-16-22/h4-12,14H,13,15-17H2,1-3H3. The van der Waals surface area contributed by atoms with Gasteiger partial charge in [0.15, 0.2) is 0 Å². The molecule has 3 nitrogen and oxygen atoms in total. The number of carbonyl (C=O) groups is 1. The van der Waals surface area contributed by atoms with Gasteiger partial charge in [-0.05, 0) is 21.4 Å². The summed E-state index contributed by atoms with van der Waals surface area (Å²) >= 11 is 0. The van der Waals surface area contributed by atoms with E-state index in [9.17, 15) is 4.79 Å². The lowest BCUT2D eigenvalue weighted by molar-refractivity contribution is -0.143. The molecule has 0 spiro atoms. The van der Waals surface area contributed by atoms with Crippen LogP contribution in [-0.4, -0.2) is 35.1 Å². The SMILES string of the molecule is CC(C)(C)c1ccc([Si](OCC2(CC=O)COC2)c2ccccc2)cc1. The molecule has 137 valence electrons. The van der Waals surface area contributed by atoms with Crippen molar-refractivity contribution in [2.45, 2.75) is 32.6 Å². The smallest absolute Gasteiger partial charge is 0.282 e. The van der Waals surface area contributed by atoms with Gasteiger partial charge in [0.1, 0.15) is 6.29 Å². The molecule has 1 aliphatic rings. The molecule has 0 aliphatic carbocycles. The Kier molecular flexibility index (Phi) is 5.75. The monoisotopic (exact) mass is 367 g/mol. The van der Waals surface area contributed by atoms with Crippen LogP contribution in [0.25, 0.3) is 0 Å². The zero-order valence-corrected chi connectivity index (χ0v) is 16.8. The van der Waals surface area contributed by atoms with Crippen molar-refractivity contribution in [2.75, 3.05) is 19.8 Å². The van der Waals surface area contributed by atoms with Crippen molar-refractivity contribution >= 4 is 25.7 Å². The molecule has 1 radical (unpaired) electrons. The highest BCUT2D eigenvalue weighted by Crippen LogP contribution is 2.31. The molecule has 3 rings (SSSR count). The van der Waals surface area contributed by atoms with Gasteiger partial charge in [0.25, 0.3) is 9.04 Å². The fourth-order valence-corrected chi connectivity index (χ4v) is 5.18. The van der Waals surface area contributed by atoms with Crippen LogP contribution in [0.4, 0.5) is 0 Å². The Bertz CT molecular complexity index is 715. The van der Waals surface area contributed by atoms with E-state index >= 15 is 0 Å². The maximum absolute atomic E-state index is 11.0. The Morgan fingerprint density at radius 3 is 2.15 bits per heavy atom. The first-order valence-electron chi connectivity index (χ1n) is 9.11. The second-order valence-electron chi connectivity index (χ2n) is 8.17. The summed E-state index contributed by atoms with van der Waals surface area (Å²) in [7, 11) is -1.36. The molecule has 1 aliphatic heterocycles. The van der Waals surface area contributed by atoms with Crippen molar-refractivity contribution in [3.05, 3.63) is 60.2 Å². The number of aldehydes is 1. The topological polar surface area (TPSA) is 35.5 Å². The van der Waals surface area contributed by atoms with Gasteiger partial charge >= 0.3 is 0 Å². The van der Waals surface area contributed by atoms with Crippen LogP contribution in [0.3, 0.4) is 0 Å². The van der Waals surface area contributed by atoms with Crippen LogP contribution in [-0.2, 0) is 19.4 Å². The molecule has 0 bridgehead atoms. The third-order valence-electron chi connectivity index (χ3n) is 4.90. The summed E-state index contributed by atoms with van der Waals surface area (Å²) in [5.74, 6) is 0. The zero-order chi connectivity index (χ0) is 18.6. The van der Waals surface area contributed by atoms with Crippen molar-refractivity contribution < 1.29 is 14.0 Å². The van der Waals surface area contributed by atoms with E-state index in [1.807, 2.05) is 6.07 Å². The van der Waals surface area contributed by atoms with E-state index in [2.05, 4.69) is 69.3 Å². The lowest BCUT2D eigenvalue weighted by Gasteiger charge is -2.40. The van der Waals surface area contributed by atoms with Crippen molar-refractivity contribution in [1.82, 2.24) is 0 Å². The first-order chi connectivity index (χ1) is 12.4. The fraction of sp³-hybridized carbons (Fsp3) is 0.409. The summed E-state index contributed by atoms with van der Waals surface area (Å²) < 4.78 is 11.8. The molecule has 26 heavy (non-hydrogen) atoms. The van der Waals surface area contributed by atoms with E-state index in [0.29, 0.717) is 26.2 Å². The molecule has 2 aromatic rings. The Morgan fingerprint density at radius 1 is 1.04 bits per heavy atom. The minimum atomic E-state index is -1.36. The van der Waals surface area contributed by atoms with Gasteiger partial charge in [-0.15, -0.1) is 0 Å². The van der Waals surface area contributed by atoms with Gasteiger partial charge in [-0.1, -0.05) is 75.4 Å². The van der Waals surface area contributed by atoms with Crippen LogP contribution in [0, 0.1) is 5.41 Å². The minimum Gasteiger partial charge on any atom is -0.407 e. The van der Waals surface area contributed by atoms with E-state index < -0.39 is 9.04 Å². The van der Waals surface area contributed by atoms with Crippen molar-refractivity contribution in [3.8, 4) is 0 Å². The van der Waals surface area contributed by atoms with E-state index in [1.54, 1.807) is 0 Å². The number of carbonyl (C=O) groups excluding carboxylic acids is 1. The Hall–Kier alpha value is -1.75. The average Bonchev–Trinajstić information content (AvgIpc) is 2.60. The summed E-state index contributed by atoms with van der Waals surface area (Å²) in [6.07, 6.45) is 1.48. The maximum atomic E-state index is 11.0. The number of ether oxygens (including phenoxy) is 1. The van der Waals surface area contributed by atoms with Gasteiger partial charge < -0.3 is 14.0 Å². The number of hydrogen-bond acceptors (Lipinski definition) is 3. The first-order valence-corrected chi connectivity index (χ1v) is 10.5. The molecular weight excluding hydrogens is 340 g/mol. The zero-order valence-electron chi connectivity index (χ0n) is 15.8. The highest BCUT2D eigenvalue weighted by Gasteiger charge is 2.39. The first kappa shape index (κ1) is 19.0. The van der Waals surface area contributed by atoms with Crippen LogP contribution >= 0.6 is 0 Å². The quantitative estimate of drug-likeness (QED) is 0.558. The van der Waals surface area contributed by atoms with Crippen LogP contribution in [0.1, 0.15) is 32.8 Å². The van der Waals surface area contributed by atoms with Gasteiger partial charge in [-0.3, -0.25) is 0 Å². The van der Waals surface area contributed by atoms with E-state index in [-0.39, 0.29) is 10.8 Å². The second-order valence-corrected chi connectivity index (χ2v) is 10.3. The molecule has 0 N–H and O–H groups in total. The van der Waals surface area contributed by atoms with Gasteiger partial charge in [-0.25, -0.2) is 0 Å². The van der Waals surface area contributed by atoms with Gasteiger partial charge in [0.05, 0.1) is 13.2 Å². The molecule has 1 saturated heterocycles. The number of benzene rings is 2. The summed E-state index contributed by atoms with van der Waals surface area (Å²) in [6.45, 7) is 8.46. The molecule has 1 fully saturated rings. The third-order valence-corrected chi connectivity index (χ3v) is 7.05. The fourth-order valence-electron chi connectivity index (χ4n) is 3.10. The van der Waals surface area contributed by atoms with Crippen LogP contribution in [0.15, 0.2) is 54.6 Å². The van der Waals surface area contributed by atoms with Gasteiger partial charge in [-0.2, -0.15) is 0 Å². The maximum Gasteiger partial charge on any atom is 0.282 e. The van der Waals surface area contributed by atoms with Gasteiger partial charge in [0.2, 0.25) is 0 Å². The van der Waals surface area contributed by atoms with Gasteiger partial charge in [0, 0.05) is 18.4 Å². The molecule has 0 saturated carbocycles. The predicted molar refractivity (Wildman–Crippen MR) is 106 cm³/mol. The summed E-state index contributed by atoms with van der Waals surface area (Å²) in [5.41, 5.74) is 1.31.